The Morgan fingerprint density at radius 2 is 1.84 bits per heavy atom. The molecule has 1 aliphatic rings. The molecule has 1 fully saturated rings. The second kappa shape index (κ2) is 6.22. The number of ether oxygens (including phenoxy) is 1. The van der Waals surface area contributed by atoms with Crippen LogP contribution in [-0.4, -0.2) is 36.5 Å². The minimum atomic E-state index is -1.02. The molecule has 0 unspecified atom stereocenters. The first kappa shape index (κ1) is 13.4. The van der Waals surface area contributed by atoms with Crippen LogP contribution in [0.25, 0.3) is 0 Å². The van der Waals surface area contributed by atoms with Crippen molar-refractivity contribution in [2.45, 2.75) is 12.8 Å². The van der Waals surface area contributed by atoms with Crippen molar-refractivity contribution in [3.8, 4) is 5.75 Å². The number of rotatable bonds is 4. The molecule has 1 saturated heterocycles. The van der Waals surface area contributed by atoms with Crippen molar-refractivity contribution < 1.29 is 19.4 Å². The van der Waals surface area contributed by atoms with Crippen LogP contribution in [0.1, 0.15) is 12.8 Å². The Kier molecular flexibility index (Phi) is 4.39. The molecule has 0 saturated carbocycles. The first-order valence-corrected chi connectivity index (χ1v) is 6.33. The fourth-order valence-electron chi connectivity index (χ4n) is 2.12. The second-order valence-corrected chi connectivity index (χ2v) is 4.58. The summed E-state index contributed by atoms with van der Waals surface area (Å²) >= 11 is 0. The summed E-state index contributed by atoms with van der Waals surface area (Å²) in [7, 11) is 0. The molecule has 1 aromatic rings. The largest absolute Gasteiger partial charge is 0.550 e. The van der Waals surface area contributed by atoms with Gasteiger partial charge in [0, 0.05) is 25.0 Å². The highest BCUT2D eigenvalue weighted by Crippen LogP contribution is 2.17. The van der Waals surface area contributed by atoms with Gasteiger partial charge in [-0.1, -0.05) is 18.2 Å². The topological polar surface area (TPSA) is 69.7 Å². The van der Waals surface area contributed by atoms with E-state index in [2.05, 4.69) is 0 Å². The highest BCUT2D eigenvalue weighted by atomic mass is 16.5. The fourth-order valence-corrected chi connectivity index (χ4v) is 2.12. The van der Waals surface area contributed by atoms with Gasteiger partial charge in [-0.3, -0.25) is 4.79 Å². The van der Waals surface area contributed by atoms with E-state index < -0.39 is 11.9 Å². The summed E-state index contributed by atoms with van der Waals surface area (Å²) in [6.45, 7) is 0.894. The summed E-state index contributed by atoms with van der Waals surface area (Å²) in [6.07, 6.45) is 0.915. The van der Waals surface area contributed by atoms with Gasteiger partial charge in [0.15, 0.2) is 6.61 Å². The minimum absolute atomic E-state index is 0.0139. The summed E-state index contributed by atoms with van der Waals surface area (Å²) in [5, 5.41) is 10.7. The molecule has 19 heavy (non-hydrogen) atoms. The number of benzene rings is 1. The molecule has 5 nitrogen and oxygen atoms in total. The molecule has 0 aromatic heterocycles. The number of carbonyl (C=O) groups is 2. The van der Waals surface area contributed by atoms with Gasteiger partial charge < -0.3 is 19.5 Å². The molecule has 1 amide bonds. The Morgan fingerprint density at radius 3 is 2.42 bits per heavy atom. The molecule has 0 N–H and O–H groups in total. The quantitative estimate of drug-likeness (QED) is 0.769. The predicted octanol–water partition coefficient (Wildman–Crippen LogP) is 0.0539. The summed E-state index contributed by atoms with van der Waals surface area (Å²) < 4.78 is 5.38. The van der Waals surface area contributed by atoms with Gasteiger partial charge >= 0.3 is 0 Å². The third-order valence-electron chi connectivity index (χ3n) is 3.29. The standard InChI is InChI=1S/C14H17NO4/c16-13(10-19-12-4-2-1-3-5-12)15-8-6-11(7-9-15)14(17)18/h1-5,11H,6-10H2,(H,17,18)/p-1. The molecule has 0 radical (unpaired) electrons. The number of amides is 1. The van der Waals surface area contributed by atoms with Gasteiger partial charge in [-0.05, 0) is 25.0 Å². The normalized spacial score (nSPS) is 16.1. The lowest BCUT2D eigenvalue weighted by atomic mass is 9.97. The molecule has 1 aromatic carbocycles. The molecule has 0 atom stereocenters. The Labute approximate surface area is 111 Å². The van der Waals surface area contributed by atoms with Gasteiger partial charge in [-0.25, -0.2) is 0 Å². The van der Waals surface area contributed by atoms with Gasteiger partial charge in [-0.15, -0.1) is 0 Å². The van der Waals surface area contributed by atoms with Crippen LogP contribution in [0.2, 0.25) is 0 Å². The van der Waals surface area contributed by atoms with Crippen molar-refractivity contribution >= 4 is 11.9 Å². The van der Waals surface area contributed by atoms with Crippen molar-refractivity contribution in [1.82, 2.24) is 4.90 Å². The van der Waals surface area contributed by atoms with Crippen molar-refractivity contribution in [3.63, 3.8) is 0 Å². The lowest BCUT2D eigenvalue weighted by Crippen LogP contribution is -2.45. The number of carboxylic acids is 1. The van der Waals surface area contributed by atoms with Crippen LogP contribution in [0.4, 0.5) is 0 Å². The van der Waals surface area contributed by atoms with E-state index in [1.807, 2.05) is 18.2 Å². The number of likely N-dealkylation sites (tertiary alicyclic amines) is 1. The van der Waals surface area contributed by atoms with Gasteiger partial charge in [0.05, 0.1) is 0 Å². The maximum atomic E-state index is 11.9. The molecular weight excluding hydrogens is 246 g/mol. The maximum Gasteiger partial charge on any atom is 0.260 e. The monoisotopic (exact) mass is 262 g/mol. The van der Waals surface area contributed by atoms with E-state index in [9.17, 15) is 14.7 Å². The molecule has 102 valence electrons. The number of hydrogen-bond acceptors (Lipinski definition) is 4. The Hall–Kier alpha value is -2.04. The first-order valence-electron chi connectivity index (χ1n) is 6.33. The minimum Gasteiger partial charge on any atom is -0.550 e. The lowest BCUT2D eigenvalue weighted by Gasteiger charge is -2.32. The van der Waals surface area contributed by atoms with E-state index in [4.69, 9.17) is 4.74 Å². The van der Waals surface area contributed by atoms with E-state index in [1.54, 1.807) is 17.0 Å². The number of piperidine rings is 1. The number of nitrogens with zero attached hydrogens (tertiary/aromatic N) is 1. The zero-order chi connectivity index (χ0) is 13.7. The summed E-state index contributed by atoms with van der Waals surface area (Å²) in [6, 6.07) is 9.13. The summed E-state index contributed by atoms with van der Waals surface area (Å²) in [5.74, 6) is -0.909. The Balaban J connectivity index is 1.77. The smallest absolute Gasteiger partial charge is 0.260 e. The zero-order valence-corrected chi connectivity index (χ0v) is 10.6. The number of aliphatic carboxylic acids is 1. The fraction of sp³-hybridized carbons (Fsp3) is 0.429. The van der Waals surface area contributed by atoms with Crippen LogP contribution in [0, 0.1) is 5.92 Å². The van der Waals surface area contributed by atoms with Crippen LogP contribution in [0.3, 0.4) is 0 Å². The summed E-state index contributed by atoms with van der Waals surface area (Å²) in [5.41, 5.74) is 0. The van der Waals surface area contributed by atoms with Gasteiger partial charge in [-0.2, -0.15) is 0 Å². The highest BCUT2D eigenvalue weighted by Gasteiger charge is 2.23. The van der Waals surface area contributed by atoms with E-state index in [0.29, 0.717) is 31.7 Å². The van der Waals surface area contributed by atoms with Gasteiger partial charge in [0.2, 0.25) is 0 Å². The van der Waals surface area contributed by atoms with E-state index >= 15 is 0 Å². The first-order chi connectivity index (χ1) is 9.16. The van der Waals surface area contributed by atoms with Crippen LogP contribution >= 0.6 is 0 Å². The Bertz CT molecular complexity index is 438. The Morgan fingerprint density at radius 1 is 1.21 bits per heavy atom. The number of carbonyl (C=O) groups excluding carboxylic acids is 2. The predicted molar refractivity (Wildman–Crippen MR) is 66.2 cm³/mol. The van der Waals surface area contributed by atoms with Gasteiger partial charge in [0.25, 0.3) is 5.91 Å². The molecule has 5 heteroatoms. The molecular formula is C14H16NO4-. The highest BCUT2D eigenvalue weighted by molar-refractivity contribution is 5.78. The average molecular weight is 262 g/mol. The number of carboxylic acid groups (broad SMARTS) is 1. The maximum absolute atomic E-state index is 11.9. The van der Waals surface area contributed by atoms with Crippen molar-refractivity contribution in [2.24, 2.45) is 5.92 Å². The van der Waals surface area contributed by atoms with Crippen LogP contribution < -0.4 is 9.84 Å². The molecule has 0 spiro atoms. The molecule has 0 bridgehead atoms. The van der Waals surface area contributed by atoms with E-state index in [0.717, 1.165) is 0 Å². The van der Waals surface area contributed by atoms with Crippen LogP contribution in [0.15, 0.2) is 30.3 Å². The van der Waals surface area contributed by atoms with Crippen molar-refractivity contribution in [3.05, 3.63) is 30.3 Å². The zero-order valence-electron chi connectivity index (χ0n) is 10.6. The average Bonchev–Trinajstić information content (AvgIpc) is 2.46. The number of para-hydroxylation sites is 1. The molecule has 1 aliphatic heterocycles. The molecule has 1 heterocycles. The van der Waals surface area contributed by atoms with E-state index in [-0.39, 0.29) is 12.5 Å². The van der Waals surface area contributed by atoms with Crippen LogP contribution in [0.5, 0.6) is 5.75 Å². The second-order valence-electron chi connectivity index (χ2n) is 4.58. The third kappa shape index (κ3) is 3.71. The van der Waals surface area contributed by atoms with Crippen LogP contribution in [-0.2, 0) is 9.59 Å². The number of hydrogen-bond donors (Lipinski definition) is 0. The third-order valence-corrected chi connectivity index (χ3v) is 3.29. The SMILES string of the molecule is O=C([O-])C1CCN(C(=O)COc2ccccc2)CC1. The molecule has 0 aliphatic carbocycles. The van der Waals surface area contributed by atoms with Crippen molar-refractivity contribution in [2.75, 3.05) is 19.7 Å². The van der Waals surface area contributed by atoms with Gasteiger partial charge in [0.1, 0.15) is 5.75 Å². The van der Waals surface area contributed by atoms with Crippen molar-refractivity contribution in [1.29, 1.82) is 0 Å². The van der Waals surface area contributed by atoms with E-state index in [1.165, 1.54) is 0 Å². The lowest BCUT2D eigenvalue weighted by molar-refractivity contribution is -0.312. The molecule has 2 rings (SSSR count). The summed E-state index contributed by atoms with van der Waals surface area (Å²) in [4.78, 5) is 24.2.